The zero-order valence-corrected chi connectivity index (χ0v) is 21.2. The Labute approximate surface area is 214 Å². The van der Waals surface area contributed by atoms with E-state index in [-0.39, 0.29) is 26.9 Å². The minimum Gasteiger partial charge on any atom is -0.453 e. The summed E-state index contributed by atoms with van der Waals surface area (Å²) >= 11 is 12.9. The van der Waals surface area contributed by atoms with Crippen molar-refractivity contribution >= 4 is 34.2 Å². The van der Waals surface area contributed by atoms with Gasteiger partial charge in [0.1, 0.15) is 23.1 Å². The van der Waals surface area contributed by atoms with Gasteiger partial charge >= 0.3 is 5.69 Å². The SMILES string of the molecule is CC1(C)COC(C)(C)c2[nH]c3ncc(Oc4c(Cl)cc(-n5nc(C#N)c(=O)[nH]c5=O)cc4Cl)cc3c21. The van der Waals surface area contributed by atoms with Crippen molar-refractivity contribution in [3.05, 3.63) is 72.2 Å². The van der Waals surface area contributed by atoms with Gasteiger partial charge in [-0.25, -0.2) is 9.78 Å². The van der Waals surface area contributed by atoms with Gasteiger partial charge in [0.25, 0.3) is 5.56 Å². The minimum atomic E-state index is -0.885. The van der Waals surface area contributed by atoms with E-state index in [9.17, 15) is 9.59 Å². The van der Waals surface area contributed by atoms with Gasteiger partial charge in [0.05, 0.1) is 34.2 Å². The second kappa shape index (κ2) is 8.20. The number of rotatable bonds is 3. The van der Waals surface area contributed by atoms with Gasteiger partial charge in [-0.2, -0.15) is 9.94 Å². The lowest BCUT2D eigenvalue weighted by Gasteiger charge is -2.39. The van der Waals surface area contributed by atoms with Crippen LogP contribution in [0.2, 0.25) is 10.0 Å². The van der Waals surface area contributed by atoms with Crippen molar-refractivity contribution in [3.8, 4) is 23.3 Å². The Hall–Kier alpha value is -3.65. The van der Waals surface area contributed by atoms with Gasteiger partial charge < -0.3 is 14.5 Å². The Balaban J connectivity index is 1.56. The Morgan fingerprint density at radius 1 is 1.14 bits per heavy atom. The number of hydrogen-bond acceptors (Lipinski definition) is 7. The van der Waals surface area contributed by atoms with E-state index in [1.54, 1.807) is 12.3 Å². The summed E-state index contributed by atoms with van der Waals surface area (Å²) in [4.78, 5) is 33.8. The molecular formula is C24H20Cl2N6O4. The third kappa shape index (κ3) is 3.86. The lowest BCUT2D eigenvalue weighted by molar-refractivity contribution is -0.0607. The highest BCUT2D eigenvalue weighted by Gasteiger charge is 2.41. The number of aromatic amines is 2. The molecule has 184 valence electrons. The summed E-state index contributed by atoms with van der Waals surface area (Å²) < 4.78 is 12.9. The van der Waals surface area contributed by atoms with Crippen LogP contribution in [0, 0.1) is 11.3 Å². The van der Waals surface area contributed by atoms with Crippen LogP contribution in [0.3, 0.4) is 0 Å². The van der Waals surface area contributed by atoms with Crippen molar-refractivity contribution < 1.29 is 9.47 Å². The molecule has 0 aliphatic carbocycles. The third-order valence-electron chi connectivity index (χ3n) is 6.08. The van der Waals surface area contributed by atoms with Gasteiger partial charge in [-0.05, 0) is 37.6 Å². The molecule has 0 fully saturated rings. The average molecular weight is 527 g/mol. The molecule has 10 nitrogen and oxygen atoms in total. The second-order valence-electron chi connectivity index (χ2n) is 9.60. The first kappa shape index (κ1) is 24.1. The summed E-state index contributed by atoms with van der Waals surface area (Å²) in [6, 6.07) is 6.28. The van der Waals surface area contributed by atoms with Crippen LogP contribution in [0.25, 0.3) is 16.7 Å². The molecule has 3 aromatic heterocycles. The molecule has 1 aromatic carbocycles. The van der Waals surface area contributed by atoms with Crippen molar-refractivity contribution in [2.75, 3.05) is 6.61 Å². The first-order chi connectivity index (χ1) is 16.9. The second-order valence-corrected chi connectivity index (χ2v) is 10.4. The van der Waals surface area contributed by atoms with E-state index in [4.69, 9.17) is 37.9 Å². The zero-order chi connectivity index (χ0) is 26.0. The summed E-state index contributed by atoms with van der Waals surface area (Å²) in [5, 5.41) is 13.9. The number of halogens is 2. The maximum Gasteiger partial charge on any atom is 0.349 e. The van der Waals surface area contributed by atoms with Crippen LogP contribution in [-0.2, 0) is 15.8 Å². The molecule has 1 aliphatic rings. The van der Waals surface area contributed by atoms with E-state index in [1.807, 2.05) is 24.9 Å². The highest BCUT2D eigenvalue weighted by atomic mass is 35.5. The number of fused-ring (bicyclic) bond motifs is 3. The van der Waals surface area contributed by atoms with E-state index < -0.39 is 22.5 Å². The lowest BCUT2D eigenvalue weighted by Crippen LogP contribution is -2.39. The van der Waals surface area contributed by atoms with E-state index in [1.165, 1.54) is 12.1 Å². The number of hydrogen-bond donors (Lipinski definition) is 2. The van der Waals surface area contributed by atoms with Gasteiger partial charge in [-0.1, -0.05) is 37.0 Å². The highest BCUT2D eigenvalue weighted by molar-refractivity contribution is 6.37. The van der Waals surface area contributed by atoms with Crippen LogP contribution in [0.1, 0.15) is 44.6 Å². The van der Waals surface area contributed by atoms with Crippen LogP contribution in [-0.4, -0.2) is 31.3 Å². The van der Waals surface area contributed by atoms with Crippen LogP contribution in [0.15, 0.2) is 34.0 Å². The topological polar surface area (TPSA) is 139 Å². The molecule has 0 saturated carbocycles. The molecule has 0 amide bonds. The Morgan fingerprint density at radius 3 is 2.50 bits per heavy atom. The maximum absolute atomic E-state index is 12.2. The van der Waals surface area contributed by atoms with Gasteiger partial charge in [0.2, 0.25) is 5.69 Å². The van der Waals surface area contributed by atoms with Crippen molar-refractivity contribution in [3.63, 3.8) is 0 Å². The molecule has 2 N–H and O–H groups in total. The molecule has 0 spiro atoms. The molecule has 5 rings (SSSR count). The third-order valence-corrected chi connectivity index (χ3v) is 6.64. The van der Waals surface area contributed by atoms with Gasteiger partial charge in [0, 0.05) is 10.8 Å². The molecule has 12 heteroatoms. The fourth-order valence-corrected chi connectivity index (χ4v) is 4.85. The van der Waals surface area contributed by atoms with Crippen molar-refractivity contribution in [1.29, 1.82) is 5.26 Å². The molecule has 0 radical (unpaired) electrons. The fraction of sp³-hybridized carbons (Fsp3) is 0.292. The maximum atomic E-state index is 12.2. The molecular weight excluding hydrogens is 507 g/mol. The van der Waals surface area contributed by atoms with Crippen molar-refractivity contribution in [2.45, 2.75) is 38.7 Å². The largest absolute Gasteiger partial charge is 0.453 e. The number of ether oxygens (including phenoxy) is 2. The Kier molecular flexibility index (Phi) is 5.48. The standard InChI is InChI=1S/C24H20Cl2N6O4/c1-23(2)10-35-24(3,4)19-17(23)13-7-12(9-28-20(13)29-19)36-18-14(25)5-11(6-15(18)26)32-22(34)30-21(33)16(8-27)31-32/h5-7,9H,10H2,1-4H3,(H,28,29)(H,30,33,34). The van der Waals surface area contributed by atoms with Crippen LogP contribution < -0.4 is 16.0 Å². The quantitative estimate of drug-likeness (QED) is 0.405. The molecule has 1 aliphatic heterocycles. The molecule has 4 heterocycles. The van der Waals surface area contributed by atoms with Crippen molar-refractivity contribution in [2.24, 2.45) is 0 Å². The monoisotopic (exact) mass is 526 g/mol. The highest BCUT2D eigenvalue weighted by Crippen LogP contribution is 2.45. The average Bonchev–Trinajstić information content (AvgIpc) is 3.21. The summed E-state index contributed by atoms with van der Waals surface area (Å²) in [7, 11) is 0. The van der Waals surface area contributed by atoms with E-state index in [0.717, 1.165) is 21.3 Å². The smallest absolute Gasteiger partial charge is 0.349 e. The number of H-pyrrole nitrogens is 2. The van der Waals surface area contributed by atoms with Crippen LogP contribution in [0.4, 0.5) is 0 Å². The predicted octanol–water partition coefficient (Wildman–Crippen LogP) is 4.31. The molecule has 0 saturated heterocycles. The normalized spacial score (nSPS) is 15.9. The Bertz CT molecular complexity index is 1690. The molecule has 0 unspecified atom stereocenters. The minimum absolute atomic E-state index is 0.0852. The molecule has 0 atom stereocenters. The molecule has 4 aromatic rings. The number of nitriles is 1. The number of benzene rings is 1. The first-order valence-corrected chi connectivity index (χ1v) is 11.6. The molecule has 0 bridgehead atoms. The number of pyridine rings is 1. The zero-order valence-electron chi connectivity index (χ0n) is 19.7. The number of aromatic nitrogens is 5. The predicted molar refractivity (Wildman–Crippen MR) is 133 cm³/mol. The summed E-state index contributed by atoms with van der Waals surface area (Å²) in [5.41, 5.74) is -0.0208. The van der Waals surface area contributed by atoms with Gasteiger partial charge in [0.15, 0.2) is 5.75 Å². The first-order valence-electron chi connectivity index (χ1n) is 10.9. The molecule has 36 heavy (non-hydrogen) atoms. The van der Waals surface area contributed by atoms with E-state index >= 15 is 0 Å². The van der Waals surface area contributed by atoms with Crippen LogP contribution in [0.5, 0.6) is 11.5 Å². The van der Waals surface area contributed by atoms with Crippen LogP contribution >= 0.6 is 23.2 Å². The fourth-order valence-electron chi connectivity index (χ4n) is 4.30. The van der Waals surface area contributed by atoms with Crippen molar-refractivity contribution in [1.82, 2.24) is 24.7 Å². The lowest BCUT2D eigenvalue weighted by atomic mass is 9.78. The van der Waals surface area contributed by atoms with E-state index in [0.29, 0.717) is 18.0 Å². The summed E-state index contributed by atoms with van der Waals surface area (Å²) in [6.45, 7) is 8.79. The Morgan fingerprint density at radius 2 is 1.83 bits per heavy atom. The van der Waals surface area contributed by atoms with Gasteiger partial charge in [-0.3, -0.25) is 9.78 Å². The van der Waals surface area contributed by atoms with E-state index in [2.05, 4.69) is 28.9 Å². The van der Waals surface area contributed by atoms with Gasteiger partial charge in [-0.15, -0.1) is 5.10 Å². The number of nitrogens with zero attached hydrogens (tertiary/aromatic N) is 4. The summed E-state index contributed by atoms with van der Waals surface area (Å²) in [6.07, 6.45) is 1.55. The summed E-state index contributed by atoms with van der Waals surface area (Å²) in [5.74, 6) is 0.556. The number of nitrogens with one attached hydrogen (secondary N) is 2.